The minimum atomic E-state index is -3.40. The molecule has 1 fully saturated rings. The monoisotopic (exact) mass is 274 g/mol. The van der Waals surface area contributed by atoms with Crippen LogP contribution >= 0.6 is 0 Å². The average molecular weight is 274 g/mol. The van der Waals surface area contributed by atoms with Crippen LogP contribution in [0.3, 0.4) is 0 Å². The number of epoxide rings is 1. The van der Waals surface area contributed by atoms with Crippen LogP contribution in [0, 0.1) is 6.92 Å². The summed E-state index contributed by atoms with van der Waals surface area (Å²) in [5.74, 6) is 0. The summed E-state index contributed by atoms with van der Waals surface area (Å²) in [6, 6.07) is 16.3. The molecule has 19 heavy (non-hydrogen) atoms. The van der Waals surface area contributed by atoms with Crippen molar-refractivity contribution in [3.8, 4) is 0 Å². The van der Waals surface area contributed by atoms with Crippen molar-refractivity contribution < 1.29 is 13.2 Å². The summed E-state index contributed by atoms with van der Waals surface area (Å²) in [6.07, 6.45) is -0.340. The highest BCUT2D eigenvalue weighted by Crippen LogP contribution is 2.44. The van der Waals surface area contributed by atoms with E-state index < -0.39 is 15.3 Å². The maximum atomic E-state index is 12.4. The molecule has 0 aromatic heterocycles. The fourth-order valence-electron chi connectivity index (χ4n) is 2.08. The predicted molar refractivity (Wildman–Crippen MR) is 72.4 cm³/mol. The smallest absolute Gasteiger partial charge is 0.208 e. The third-order valence-electron chi connectivity index (χ3n) is 3.23. The van der Waals surface area contributed by atoms with E-state index in [9.17, 15) is 8.42 Å². The van der Waals surface area contributed by atoms with E-state index in [2.05, 4.69) is 0 Å². The molecule has 2 aromatic carbocycles. The van der Waals surface area contributed by atoms with Gasteiger partial charge in [-0.1, -0.05) is 48.0 Å². The molecule has 1 aliphatic rings. The molecule has 0 spiro atoms. The molecular weight excluding hydrogens is 260 g/mol. The Bertz CT molecular complexity index is 675. The van der Waals surface area contributed by atoms with E-state index in [4.69, 9.17) is 4.74 Å². The van der Waals surface area contributed by atoms with Gasteiger partial charge in [-0.15, -0.1) is 0 Å². The van der Waals surface area contributed by atoms with Gasteiger partial charge in [0.05, 0.1) is 4.90 Å². The Hall–Kier alpha value is -1.65. The van der Waals surface area contributed by atoms with Gasteiger partial charge in [0.15, 0.2) is 5.44 Å². The predicted octanol–water partition coefficient (Wildman–Crippen LogP) is 2.87. The molecule has 0 saturated carbocycles. The quantitative estimate of drug-likeness (QED) is 0.808. The Morgan fingerprint density at radius 3 is 2.21 bits per heavy atom. The van der Waals surface area contributed by atoms with Crippen LogP contribution in [0.25, 0.3) is 0 Å². The van der Waals surface area contributed by atoms with Crippen LogP contribution in [0.1, 0.15) is 17.2 Å². The summed E-state index contributed by atoms with van der Waals surface area (Å²) in [6.45, 7) is 1.93. The largest absolute Gasteiger partial charge is 0.347 e. The molecule has 2 unspecified atom stereocenters. The van der Waals surface area contributed by atoms with Crippen molar-refractivity contribution in [2.45, 2.75) is 23.4 Å². The third kappa shape index (κ3) is 2.29. The molecule has 3 rings (SSSR count). The van der Waals surface area contributed by atoms with Crippen molar-refractivity contribution in [3.05, 3.63) is 65.7 Å². The molecule has 3 nitrogen and oxygen atoms in total. The van der Waals surface area contributed by atoms with E-state index in [-0.39, 0.29) is 6.10 Å². The Morgan fingerprint density at radius 1 is 0.947 bits per heavy atom. The summed E-state index contributed by atoms with van der Waals surface area (Å²) < 4.78 is 30.1. The SMILES string of the molecule is Cc1ccc(S(=O)(=O)C2OC2c2ccccc2)cc1. The normalized spacial score (nSPS) is 22.2. The lowest BCUT2D eigenvalue weighted by Crippen LogP contribution is -2.09. The van der Waals surface area contributed by atoms with Crippen LogP contribution < -0.4 is 0 Å². The lowest BCUT2D eigenvalue weighted by molar-refractivity contribution is 0.399. The van der Waals surface area contributed by atoms with Crippen molar-refractivity contribution >= 4 is 9.84 Å². The van der Waals surface area contributed by atoms with Gasteiger partial charge in [0.2, 0.25) is 9.84 Å². The molecule has 0 N–H and O–H groups in total. The number of hydrogen-bond acceptors (Lipinski definition) is 3. The van der Waals surface area contributed by atoms with Crippen molar-refractivity contribution in [2.24, 2.45) is 0 Å². The number of hydrogen-bond donors (Lipinski definition) is 0. The second-order valence-corrected chi connectivity index (χ2v) is 6.72. The second kappa shape index (κ2) is 4.47. The molecule has 2 aromatic rings. The first-order chi connectivity index (χ1) is 9.09. The molecule has 0 amide bonds. The summed E-state index contributed by atoms with van der Waals surface area (Å²) in [5.41, 5.74) is 1.19. The van der Waals surface area contributed by atoms with Gasteiger partial charge in [-0.25, -0.2) is 8.42 Å². The molecule has 4 heteroatoms. The minimum Gasteiger partial charge on any atom is -0.347 e. The molecule has 98 valence electrons. The lowest BCUT2D eigenvalue weighted by atomic mass is 10.2. The first-order valence-electron chi connectivity index (χ1n) is 6.10. The van der Waals surface area contributed by atoms with Crippen LogP contribution in [0.15, 0.2) is 59.5 Å². The second-order valence-electron chi connectivity index (χ2n) is 4.69. The van der Waals surface area contributed by atoms with Crippen LogP contribution in [0.5, 0.6) is 0 Å². The maximum Gasteiger partial charge on any atom is 0.208 e. The summed E-state index contributed by atoms with van der Waals surface area (Å²) in [5, 5.41) is 0. The zero-order chi connectivity index (χ0) is 13.5. The van der Waals surface area contributed by atoms with Crippen molar-refractivity contribution in [1.29, 1.82) is 0 Å². The Balaban J connectivity index is 1.86. The van der Waals surface area contributed by atoms with E-state index in [1.165, 1.54) is 0 Å². The molecule has 1 saturated heterocycles. The van der Waals surface area contributed by atoms with Crippen LogP contribution in [-0.4, -0.2) is 13.9 Å². The summed E-state index contributed by atoms with van der Waals surface area (Å²) in [4.78, 5) is 0.321. The van der Waals surface area contributed by atoms with Gasteiger partial charge in [-0.3, -0.25) is 0 Å². The summed E-state index contributed by atoms with van der Waals surface area (Å²) >= 11 is 0. The van der Waals surface area contributed by atoms with Crippen molar-refractivity contribution in [3.63, 3.8) is 0 Å². The fraction of sp³-hybridized carbons (Fsp3) is 0.200. The van der Waals surface area contributed by atoms with E-state index in [1.54, 1.807) is 24.3 Å². The maximum absolute atomic E-state index is 12.4. The van der Waals surface area contributed by atoms with E-state index in [0.29, 0.717) is 4.90 Å². The molecular formula is C15H14O3S. The molecule has 0 bridgehead atoms. The molecule has 2 atom stereocenters. The van der Waals surface area contributed by atoms with Gasteiger partial charge in [-0.05, 0) is 24.6 Å². The van der Waals surface area contributed by atoms with Crippen molar-refractivity contribution in [1.82, 2.24) is 0 Å². The Kier molecular flexibility index (Phi) is 2.92. The van der Waals surface area contributed by atoms with E-state index in [1.807, 2.05) is 37.3 Å². The first-order valence-corrected chi connectivity index (χ1v) is 7.64. The van der Waals surface area contributed by atoms with Gasteiger partial charge in [0.25, 0.3) is 0 Å². The highest BCUT2D eigenvalue weighted by molar-refractivity contribution is 7.92. The highest BCUT2D eigenvalue weighted by Gasteiger charge is 2.50. The molecule has 0 radical (unpaired) electrons. The summed E-state index contributed by atoms with van der Waals surface area (Å²) in [7, 11) is -3.40. The van der Waals surface area contributed by atoms with Gasteiger partial charge >= 0.3 is 0 Å². The fourth-order valence-corrected chi connectivity index (χ4v) is 3.61. The lowest BCUT2D eigenvalue weighted by Gasteiger charge is -2.01. The van der Waals surface area contributed by atoms with Gasteiger partial charge in [0, 0.05) is 0 Å². The van der Waals surface area contributed by atoms with Gasteiger partial charge in [-0.2, -0.15) is 0 Å². The minimum absolute atomic E-state index is 0.321. The molecule has 1 heterocycles. The van der Waals surface area contributed by atoms with Crippen LogP contribution in [0.4, 0.5) is 0 Å². The number of rotatable bonds is 3. The Morgan fingerprint density at radius 2 is 1.58 bits per heavy atom. The third-order valence-corrected chi connectivity index (χ3v) is 5.13. The first kappa shape index (κ1) is 12.4. The van der Waals surface area contributed by atoms with Crippen LogP contribution in [0.2, 0.25) is 0 Å². The topological polar surface area (TPSA) is 46.7 Å². The van der Waals surface area contributed by atoms with Crippen LogP contribution in [-0.2, 0) is 14.6 Å². The molecule has 1 aliphatic heterocycles. The van der Waals surface area contributed by atoms with Gasteiger partial charge < -0.3 is 4.74 Å². The number of aryl methyl sites for hydroxylation is 1. The number of sulfone groups is 1. The van der Waals surface area contributed by atoms with E-state index >= 15 is 0 Å². The number of benzene rings is 2. The Labute approximate surface area is 112 Å². The zero-order valence-electron chi connectivity index (χ0n) is 10.5. The van der Waals surface area contributed by atoms with Crippen molar-refractivity contribution in [2.75, 3.05) is 0 Å². The van der Waals surface area contributed by atoms with E-state index in [0.717, 1.165) is 11.1 Å². The highest BCUT2D eigenvalue weighted by atomic mass is 32.2. The average Bonchev–Trinajstić information content (AvgIpc) is 3.21. The number of ether oxygens (including phenoxy) is 1. The van der Waals surface area contributed by atoms with Gasteiger partial charge in [0.1, 0.15) is 6.10 Å². The standard InChI is InChI=1S/C15H14O3S/c1-11-7-9-13(10-8-11)19(16,17)15-14(18-15)12-5-3-2-4-6-12/h2-10,14-15H,1H3. The molecule has 0 aliphatic carbocycles. The zero-order valence-corrected chi connectivity index (χ0v) is 11.3.